The van der Waals surface area contributed by atoms with Gasteiger partial charge in [0.15, 0.2) is 0 Å². The Bertz CT molecular complexity index is 215. The molecule has 204 valence electrons. The first-order valence-electron chi connectivity index (χ1n) is 11.1. The van der Waals surface area contributed by atoms with E-state index in [0.29, 0.717) is 11.3 Å². The molecular formula is C30H78O. The fourth-order valence-electron chi connectivity index (χ4n) is 2.24. The van der Waals surface area contributed by atoms with Crippen LogP contribution in [0.25, 0.3) is 0 Å². The number of aliphatic hydroxyl groups excluding tert-OH is 1. The molecule has 0 fully saturated rings. The Morgan fingerprint density at radius 2 is 0.774 bits per heavy atom. The van der Waals surface area contributed by atoms with Crippen LogP contribution in [0.2, 0.25) is 0 Å². The average Bonchev–Trinajstić information content (AvgIpc) is 2.33. The molecule has 1 heteroatoms. The maximum absolute atomic E-state index is 8.72. The van der Waals surface area contributed by atoms with Crippen molar-refractivity contribution in [2.24, 2.45) is 35.0 Å². The highest BCUT2D eigenvalue weighted by Crippen LogP contribution is 2.27. The van der Waals surface area contributed by atoms with Crippen LogP contribution < -0.4 is 0 Å². The third-order valence-electron chi connectivity index (χ3n) is 3.85. The number of hydrogen-bond donors (Lipinski definition) is 1. The van der Waals surface area contributed by atoms with Crippen molar-refractivity contribution < 1.29 is 5.11 Å². The van der Waals surface area contributed by atoms with Gasteiger partial charge >= 0.3 is 0 Å². The topological polar surface area (TPSA) is 20.2 Å². The molecule has 0 heterocycles. The van der Waals surface area contributed by atoms with Gasteiger partial charge in [-0.1, -0.05) is 140 Å². The molecule has 0 aliphatic carbocycles. The fourth-order valence-corrected chi connectivity index (χ4v) is 2.24. The smallest absolute Gasteiger partial charge is 0.0514 e. The molecule has 0 aromatic rings. The second kappa shape index (κ2) is 34.6. The lowest BCUT2D eigenvalue weighted by molar-refractivity contribution is 0.168. The molecule has 2 unspecified atom stereocenters. The van der Waals surface area contributed by atoms with Gasteiger partial charge in [-0.15, -0.1) is 0 Å². The van der Waals surface area contributed by atoms with Crippen LogP contribution in [-0.4, -0.2) is 11.2 Å². The molecule has 2 atom stereocenters. The van der Waals surface area contributed by atoms with E-state index in [2.05, 4.69) is 96.9 Å². The van der Waals surface area contributed by atoms with Gasteiger partial charge in [-0.3, -0.25) is 0 Å². The summed E-state index contributed by atoms with van der Waals surface area (Å²) in [7, 11) is 0. The summed E-state index contributed by atoms with van der Waals surface area (Å²) in [6.07, 6.45) is 3.45. The van der Waals surface area contributed by atoms with Gasteiger partial charge in [-0.25, -0.2) is 0 Å². The van der Waals surface area contributed by atoms with Crippen LogP contribution in [0.5, 0.6) is 0 Å². The van der Waals surface area contributed by atoms with Crippen LogP contribution >= 0.6 is 0 Å². The van der Waals surface area contributed by atoms with Crippen molar-refractivity contribution in [2.45, 2.75) is 166 Å². The normalized spacial score (nSPS) is 11.2. The molecule has 0 aromatic heterocycles. The first kappa shape index (κ1) is 57.6. The van der Waals surface area contributed by atoms with E-state index in [1.807, 2.05) is 6.92 Å². The molecular weight excluding hydrogens is 376 g/mol. The van der Waals surface area contributed by atoms with E-state index in [4.69, 9.17) is 5.11 Å². The van der Waals surface area contributed by atoms with Crippen LogP contribution in [0.4, 0.5) is 0 Å². The fraction of sp³-hybridized carbons (Fsp3) is 1.00. The Labute approximate surface area is 206 Å². The lowest BCUT2D eigenvalue weighted by Gasteiger charge is -2.25. The van der Waals surface area contributed by atoms with Crippen molar-refractivity contribution in [3.05, 3.63) is 0 Å². The van der Waals surface area contributed by atoms with Crippen molar-refractivity contribution in [3.63, 3.8) is 0 Å². The summed E-state index contributed by atoms with van der Waals surface area (Å²) in [5, 5.41) is 8.72. The molecule has 0 bridgehead atoms. The molecule has 0 saturated carbocycles. The van der Waals surface area contributed by atoms with Crippen LogP contribution in [0.15, 0.2) is 0 Å². The third-order valence-corrected chi connectivity index (χ3v) is 3.85. The summed E-state index contributed by atoms with van der Waals surface area (Å²) < 4.78 is 0. The lowest BCUT2D eigenvalue weighted by atomic mass is 9.81. The van der Waals surface area contributed by atoms with E-state index < -0.39 is 0 Å². The summed E-state index contributed by atoms with van der Waals surface area (Å²) >= 11 is 0. The van der Waals surface area contributed by atoms with E-state index in [0.717, 1.165) is 30.1 Å². The first-order valence-corrected chi connectivity index (χ1v) is 11.1. The van der Waals surface area contributed by atoms with E-state index in [1.54, 1.807) is 0 Å². The Morgan fingerprint density at radius 3 is 0.774 bits per heavy atom. The quantitative estimate of drug-likeness (QED) is 0.437. The molecule has 0 amide bonds. The van der Waals surface area contributed by atoms with Crippen molar-refractivity contribution in [1.29, 1.82) is 0 Å². The molecule has 0 spiro atoms. The minimum absolute atomic E-state index is 0. The van der Waals surface area contributed by atoms with Crippen molar-refractivity contribution in [1.82, 2.24) is 0 Å². The van der Waals surface area contributed by atoms with E-state index in [9.17, 15) is 0 Å². The lowest BCUT2D eigenvalue weighted by Crippen LogP contribution is -2.15. The van der Waals surface area contributed by atoms with Gasteiger partial charge in [-0.2, -0.15) is 0 Å². The molecule has 1 N–H and O–H groups in total. The molecule has 0 aliphatic heterocycles. The van der Waals surface area contributed by atoms with Crippen molar-refractivity contribution >= 4 is 0 Å². The zero-order valence-electron chi connectivity index (χ0n) is 21.5. The third kappa shape index (κ3) is 91.9. The van der Waals surface area contributed by atoms with Crippen LogP contribution in [0.3, 0.4) is 0 Å². The van der Waals surface area contributed by atoms with Gasteiger partial charge in [0, 0.05) is 0 Å². The molecule has 0 saturated heterocycles. The largest absolute Gasteiger partial charge is 0.393 e. The standard InChI is InChI=1S/C8H18.C7H16.C6H14O.C4H10.5CH4/c1-6-7(2)8(3,4)5;1-6(2)5-7(3)4;1-5(2)4-6(3)7;1-4(2)3;;;;;/h7H,6H2,1-5H3;6-7H,5H2,1-4H3;5-7H,4H2,1-3H3;4H,1-3H3;5*1H4. The number of aliphatic hydroxyl groups is 1. The Balaban J connectivity index is -0.0000000288. The minimum Gasteiger partial charge on any atom is -0.393 e. The SMILES string of the molecule is C.C.C.C.C.CC(C)C.CC(C)CC(C)C.CC(C)CC(C)O.CCC(C)C(C)(C)C. The zero-order chi connectivity index (χ0) is 22.1. The second-order valence-electron chi connectivity index (χ2n) is 10.9. The Hall–Kier alpha value is -0.0400. The number of rotatable bonds is 5. The second-order valence-corrected chi connectivity index (χ2v) is 10.9. The molecule has 0 rings (SSSR count). The van der Waals surface area contributed by atoms with Crippen molar-refractivity contribution in [2.75, 3.05) is 0 Å². The zero-order valence-corrected chi connectivity index (χ0v) is 21.5. The molecule has 0 aromatic carbocycles. The van der Waals surface area contributed by atoms with E-state index in [1.165, 1.54) is 12.8 Å². The highest BCUT2D eigenvalue weighted by Gasteiger charge is 2.16. The van der Waals surface area contributed by atoms with E-state index >= 15 is 0 Å². The Kier molecular flexibility index (Phi) is 64.3. The minimum atomic E-state index is -0.125. The van der Waals surface area contributed by atoms with Gasteiger partial charge in [0.25, 0.3) is 0 Å². The van der Waals surface area contributed by atoms with Crippen LogP contribution in [-0.2, 0) is 0 Å². The molecule has 31 heavy (non-hydrogen) atoms. The van der Waals surface area contributed by atoms with Gasteiger partial charge in [-0.05, 0) is 54.8 Å². The highest BCUT2D eigenvalue weighted by atomic mass is 16.3. The van der Waals surface area contributed by atoms with Gasteiger partial charge < -0.3 is 5.11 Å². The van der Waals surface area contributed by atoms with Crippen molar-refractivity contribution in [3.8, 4) is 0 Å². The summed E-state index contributed by atoms with van der Waals surface area (Å²) in [4.78, 5) is 0. The number of hydrogen-bond acceptors (Lipinski definition) is 1. The van der Waals surface area contributed by atoms with Crippen LogP contribution in [0, 0.1) is 35.0 Å². The predicted octanol–water partition coefficient (Wildman–Crippen LogP) is 12.0. The first-order chi connectivity index (χ1) is 11.5. The van der Waals surface area contributed by atoms with Gasteiger partial charge in [0.05, 0.1) is 6.10 Å². The maximum Gasteiger partial charge on any atom is 0.0514 e. The maximum atomic E-state index is 8.72. The monoisotopic (exact) mass is 455 g/mol. The summed E-state index contributed by atoms with van der Waals surface area (Å²) in [5.41, 5.74) is 0.509. The summed E-state index contributed by atoms with van der Waals surface area (Å²) in [6.45, 7) is 33.0. The molecule has 1 nitrogen and oxygen atoms in total. The van der Waals surface area contributed by atoms with E-state index in [-0.39, 0.29) is 43.2 Å². The van der Waals surface area contributed by atoms with Gasteiger partial charge in [0.2, 0.25) is 0 Å². The summed E-state index contributed by atoms with van der Waals surface area (Å²) in [5.74, 6) is 4.06. The van der Waals surface area contributed by atoms with Gasteiger partial charge in [0.1, 0.15) is 0 Å². The highest BCUT2D eigenvalue weighted by molar-refractivity contribution is 4.67. The molecule has 0 aliphatic rings. The predicted molar refractivity (Wildman–Crippen MR) is 159 cm³/mol. The van der Waals surface area contributed by atoms with Crippen LogP contribution in [0.1, 0.15) is 160 Å². The average molecular weight is 455 g/mol. The molecule has 0 radical (unpaired) electrons. The Morgan fingerprint density at radius 1 is 0.548 bits per heavy atom. The summed E-state index contributed by atoms with van der Waals surface area (Å²) in [6, 6.07) is 0.